The quantitative estimate of drug-likeness (QED) is 0.670. The molecule has 0 aliphatic carbocycles. The third-order valence-electron chi connectivity index (χ3n) is 4.81. The van der Waals surface area contributed by atoms with Crippen LogP contribution in [0.1, 0.15) is 19.9 Å². The largest absolute Gasteiger partial charge is 0.334 e. The molecule has 0 spiro atoms. The van der Waals surface area contributed by atoms with Crippen molar-refractivity contribution in [2.45, 2.75) is 19.9 Å². The molecule has 2 aromatic rings. The molecule has 1 aliphatic heterocycles. The number of aromatic amines is 1. The molecule has 1 saturated heterocycles. The number of H-pyrrole nitrogens is 1. The second-order valence-corrected chi connectivity index (χ2v) is 6.50. The van der Waals surface area contributed by atoms with E-state index in [9.17, 15) is 14.4 Å². The van der Waals surface area contributed by atoms with Gasteiger partial charge in [-0.3, -0.25) is 23.7 Å². The van der Waals surface area contributed by atoms with Crippen molar-refractivity contribution in [3.05, 3.63) is 20.8 Å². The molecule has 1 aliphatic rings. The van der Waals surface area contributed by atoms with Crippen LogP contribution in [0.15, 0.2) is 9.59 Å². The zero-order valence-electron chi connectivity index (χ0n) is 14.4. The highest BCUT2D eigenvalue weighted by Gasteiger charge is 2.28. The molecule has 9 nitrogen and oxygen atoms in total. The number of ketones is 1. The van der Waals surface area contributed by atoms with Crippen LogP contribution >= 0.6 is 0 Å². The molecule has 3 rings (SSSR count). The molecular weight excluding hydrogens is 312 g/mol. The number of fused-ring (bicyclic) bond motifs is 1. The lowest BCUT2D eigenvalue weighted by Crippen LogP contribution is -3.12. The molecule has 24 heavy (non-hydrogen) atoms. The van der Waals surface area contributed by atoms with E-state index in [4.69, 9.17) is 0 Å². The van der Waals surface area contributed by atoms with Crippen LogP contribution in [-0.2, 0) is 11.8 Å². The van der Waals surface area contributed by atoms with Crippen LogP contribution < -0.4 is 21.0 Å². The van der Waals surface area contributed by atoms with Crippen LogP contribution in [0.2, 0.25) is 0 Å². The van der Waals surface area contributed by atoms with Gasteiger partial charge in [0.2, 0.25) is 5.95 Å². The van der Waals surface area contributed by atoms with E-state index in [0.717, 1.165) is 26.2 Å². The predicted molar refractivity (Wildman–Crippen MR) is 89.8 cm³/mol. The van der Waals surface area contributed by atoms with Crippen LogP contribution in [-0.4, -0.2) is 58.1 Å². The van der Waals surface area contributed by atoms with Crippen LogP contribution in [0.25, 0.3) is 11.2 Å². The molecule has 0 bridgehead atoms. The topological polar surface area (TPSA) is 97.4 Å². The number of likely N-dealkylation sites (N-methyl/N-ethyl adjacent to an activating group) is 1. The Hall–Kier alpha value is -2.42. The first kappa shape index (κ1) is 16.4. The minimum atomic E-state index is -0.532. The van der Waals surface area contributed by atoms with Gasteiger partial charge in [-0.15, -0.1) is 0 Å². The summed E-state index contributed by atoms with van der Waals surface area (Å²) in [6.07, 6.45) is 0. The van der Waals surface area contributed by atoms with Crippen LogP contribution in [0.3, 0.4) is 0 Å². The minimum absolute atomic E-state index is 0.0662. The molecule has 0 aromatic carbocycles. The van der Waals surface area contributed by atoms with E-state index in [1.165, 1.54) is 16.4 Å². The number of nitrogens with zero attached hydrogens (tertiary/aromatic N) is 4. The zero-order chi connectivity index (χ0) is 17.6. The average molecular weight is 335 g/mol. The van der Waals surface area contributed by atoms with Crippen molar-refractivity contribution in [1.29, 1.82) is 0 Å². The Bertz CT molecular complexity index is 900. The summed E-state index contributed by atoms with van der Waals surface area (Å²) < 4.78 is 2.97. The third-order valence-corrected chi connectivity index (χ3v) is 4.81. The maximum Gasteiger partial charge on any atom is 0.329 e. The van der Waals surface area contributed by atoms with Crippen LogP contribution in [0, 0.1) is 0 Å². The van der Waals surface area contributed by atoms with Crippen molar-refractivity contribution < 1.29 is 9.69 Å². The normalized spacial score (nSPS) is 17.4. The number of piperazine rings is 1. The molecule has 2 aromatic heterocycles. The molecule has 9 heteroatoms. The number of carbonyl (C=O) groups is 1. The number of quaternary nitrogens is 1. The number of aromatic nitrogens is 4. The summed E-state index contributed by atoms with van der Waals surface area (Å²) >= 11 is 0. The lowest BCUT2D eigenvalue weighted by molar-refractivity contribution is -0.880. The van der Waals surface area contributed by atoms with E-state index < -0.39 is 17.3 Å². The van der Waals surface area contributed by atoms with Crippen molar-refractivity contribution >= 4 is 22.9 Å². The highest BCUT2D eigenvalue weighted by molar-refractivity contribution is 5.84. The van der Waals surface area contributed by atoms with Crippen molar-refractivity contribution in [3.63, 3.8) is 0 Å². The highest BCUT2D eigenvalue weighted by Crippen LogP contribution is 2.24. The van der Waals surface area contributed by atoms with E-state index in [1.54, 1.807) is 18.5 Å². The minimum Gasteiger partial charge on any atom is -0.334 e. The SMILES string of the molecule is CC(=O)[C@H](C)n1c(N2CC[NH+](C)CC2)nc2c1c(=O)[nH]c(=O)n2C. The number of anilines is 1. The first-order valence-corrected chi connectivity index (χ1v) is 8.09. The number of imidazole rings is 1. The fraction of sp³-hybridized carbons (Fsp3) is 0.600. The molecule has 3 heterocycles. The fourth-order valence-electron chi connectivity index (χ4n) is 3.05. The van der Waals surface area contributed by atoms with E-state index in [0.29, 0.717) is 11.6 Å². The second-order valence-electron chi connectivity index (χ2n) is 6.50. The van der Waals surface area contributed by atoms with Gasteiger partial charge in [0.25, 0.3) is 5.56 Å². The standard InChI is InChI=1S/C15H22N6O3/c1-9(10(2)22)21-11-12(19(4)15(24)17-13(11)23)16-14(21)20-7-5-18(3)6-8-20/h9H,5-8H2,1-4H3,(H,17,23,24)/p+1/t9-/m0/s1. The third kappa shape index (κ3) is 2.54. The number of aryl methyl sites for hydroxylation is 1. The Balaban J connectivity index is 2.28. The highest BCUT2D eigenvalue weighted by atomic mass is 16.2. The summed E-state index contributed by atoms with van der Waals surface area (Å²) in [5.41, 5.74) is -0.457. The first-order chi connectivity index (χ1) is 11.3. The lowest BCUT2D eigenvalue weighted by Gasteiger charge is -2.31. The first-order valence-electron chi connectivity index (χ1n) is 8.09. The number of hydrogen-bond donors (Lipinski definition) is 2. The van der Waals surface area contributed by atoms with Gasteiger partial charge in [0, 0.05) is 7.05 Å². The van der Waals surface area contributed by atoms with E-state index in [-0.39, 0.29) is 11.3 Å². The predicted octanol–water partition coefficient (Wildman–Crippen LogP) is -2.09. The smallest absolute Gasteiger partial charge is 0.329 e. The number of nitrogens with one attached hydrogen (secondary N) is 2. The summed E-state index contributed by atoms with van der Waals surface area (Å²) in [7, 11) is 3.70. The van der Waals surface area contributed by atoms with Gasteiger partial charge in [-0.05, 0) is 13.8 Å². The molecular formula is C15H23N6O3+. The molecule has 0 saturated carbocycles. The molecule has 2 N–H and O–H groups in total. The Morgan fingerprint density at radius 1 is 1.29 bits per heavy atom. The Morgan fingerprint density at radius 3 is 2.50 bits per heavy atom. The Morgan fingerprint density at radius 2 is 1.92 bits per heavy atom. The molecule has 0 amide bonds. The summed E-state index contributed by atoms with van der Waals surface area (Å²) in [5.74, 6) is 0.510. The van der Waals surface area contributed by atoms with Gasteiger partial charge in [-0.25, -0.2) is 4.79 Å². The van der Waals surface area contributed by atoms with Gasteiger partial charge in [0.05, 0.1) is 39.3 Å². The molecule has 0 radical (unpaired) electrons. The zero-order valence-corrected chi connectivity index (χ0v) is 14.4. The summed E-state index contributed by atoms with van der Waals surface area (Å²) in [4.78, 5) is 46.6. The van der Waals surface area contributed by atoms with Crippen molar-refractivity contribution in [3.8, 4) is 0 Å². The van der Waals surface area contributed by atoms with Crippen molar-refractivity contribution in [2.75, 3.05) is 38.1 Å². The van der Waals surface area contributed by atoms with Crippen molar-refractivity contribution in [2.24, 2.45) is 7.05 Å². The van der Waals surface area contributed by atoms with Crippen molar-refractivity contribution in [1.82, 2.24) is 19.1 Å². The molecule has 1 atom stereocenters. The van der Waals surface area contributed by atoms with E-state index >= 15 is 0 Å². The second kappa shape index (κ2) is 5.90. The monoisotopic (exact) mass is 335 g/mol. The van der Waals surface area contributed by atoms with Gasteiger partial charge in [-0.1, -0.05) is 0 Å². The van der Waals surface area contributed by atoms with Gasteiger partial charge < -0.3 is 9.80 Å². The molecule has 1 fully saturated rings. The molecule has 0 unspecified atom stereocenters. The average Bonchev–Trinajstić information content (AvgIpc) is 2.93. The Kier molecular flexibility index (Phi) is 4.04. The summed E-state index contributed by atoms with van der Waals surface area (Å²) in [6, 6.07) is -0.532. The van der Waals surface area contributed by atoms with Crippen LogP contribution in [0.5, 0.6) is 0 Å². The summed E-state index contributed by atoms with van der Waals surface area (Å²) in [5, 5.41) is 0. The van der Waals surface area contributed by atoms with Gasteiger partial charge >= 0.3 is 5.69 Å². The van der Waals surface area contributed by atoms with Gasteiger partial charge in [-0.2, -0.15) is 4.98 Å². The Labute approximate surface area is 138 Å². The number of rotatable bonds is 3. The van der Waals surface area contributed by atoms with E-state index in [2.05, 4.69) is 21.9 Å². The number of hydrogen-bond acceptors (Lipinski definition) is 5. The number of Topliss-reactive ketones (excluding diaryl/α,β-unsaturated/α-hetero) is 1. The van der Waals surface area contributed by atoms with Crippen LogP contribution in [0.4, 0.5) is 5.95 Å². The lowest BCUT2D eigenvalue weighted by atomic mass is 10.2. The van der Waals surface area contributed by atoms with Gasteiger partial charge in [0.1, 0.15) is 0 Å². The number of carbonyl (C=O) groups excluding carboxylic acids is 1. The maximum atomic E-state index is 12.4. The fourth-order valence-corrected chi connectivity index (χ4v) is 3.05. The van der Waals surface area contributed by atoms with E-state index in [1.807, 2.05) is 0 Å². The van der Waals surface area contributed by atoms with Gasteiger partial charge in [0.15, 0.2) is 16.9 Å². The summed E-state index contributed by atoms with van der Waals surface area (Å²) in [6.45, 7) is 6.71. The maximum absolute atomic E-state index is 12.4. The molecule has 130 valence electrons.